The van der Waals surface area contributed by atoms with Crippen LogP contribution in [0.3, 0.4) is 0 Å². The van der Waals surface area contributed by atoms with Crippen LogP contribution in [-0.2, 0) is 6.42 Å². The van der Waals surface area contributed by atoms with Gasteiger partial charge >= 0.3 is 0 Å². The lowest BCUT2D eigenvalue weighted by molar-refractivity contribution is 0.0953. The van der Waals surface area contributed by atoms with Gasteiger partial charge in [-0.05, 0) is 49.7 Å². The van der Waals surface area contributed by atoms with E-state index in [4.69, 9.17) is 9.26 Å². The largest absolute Gasteiger partial charge is 0.456 e. The van der Waals surface area contributed by atoms with Crippen molar-refractivity contribution in [3.8, 4) is 11.5 Å². The van der Waals surface area contributed by atoms with Crippen LogP contribution in [0.25, 0.3) is 0 Å². The zero-order valence-corrected chi connectivity index (χ0v) is 13.8. The molecule has 0 saturated heterocycles. The number of nitrogens with zero attached hydrogens (tertiary/aromatic N) is 3. The molecule has 0 unspecified atom stereocenters. The van der Waals surface area contributed by atoms with E-state index in [-0.39, 0.29) is 5.91 Å². The number of carbonyl (C=O) groups excluding carboxylic acids is 1. The molecule has 0 aliphatic heterocycles. The highest BCUT2D eigenvalue weighted by atomic mass is 16.5. The van der Waals surface area contributed by atoms with Crippen LogP contribution in [0.2, 0.25) is 0 Å². The highest BCUT2D eigenvalue weighted by molar-refractivity contribution is 5.94. The number of aromatic nitrogens is 3. The van der Waals surface area contributed by atoms with Crippen LogP contribution in [0, 0.1) is 6.92 Å². The van der Waals surface area contributed by atoms with E-state index in [1.165, 1.54) is 0 Å². The molecule has 2 aromatic heterocycles. The monoisotopic (exact) mass is 338 g/mol. The zero-order valence-electron chi connectivity index (χ0n) is 13.8. The minimum Gasteiger partial charge on any atom is -0.456 e. The number of pyridine rings is 1. The Labute approximate surface area is 145 Å². The summed E-state index contributed by atoms with van der Waals surface area (Å²) in [6.45, 7) is 2.31. The number of rotatable bonds is 7. The van der Waals surface area contributed by atoms with Crippen molar-refractivity contribution in [2.24, 2.45) is 0 Å². The predicted molar refractivity (Wildman–Crippen MR) is 90.4 cm³/mol. The maximum Gasteiger partial charge on any atom is 0.251 e. The molecule has 0 aliphatic carbocycles. The lowest BCUT2D eigenvalue weighted by Gasteiger charge is -2.07. The molecule has 1 N–H and O–H groups in total. The molecule has 7 nitrogen and oxygen atoms in total. The number of aryl methyl sites for hydroxylation is 2. The first kappa shape index (κ1) is 16.6. The van der Waals surface area contributed by atoms with Crippen molar-refractivity contribution in [1.29, 1.82) is 0 Å². The summed E-state index contributed by atoms with van der Waals surface area (Å²) < 4.78 is 10.7. The van der Waals surface area contributed by atoms with Crippen molar-refractivity contribution in [3.63, 3.8) is 0 Å². The van der Waals surface area contributed by atoms with Gasteiger partial charge in [-0.2, -0.15) is 4.98 Å². The Hall–Kier alpha value is -3.22. The maximum absolute atomic E-state index is 12.1. The molecule has 25 heavy (non-hydrogen) atoms. The number of carbonyl (C=O) groups is 1. The number of nitrogens with one attached hydrogen (secondary N) is 1. The molecule has 0 spiro atoms. The topological polar surface area (TPSA) is 90.1 Å². The quantitative estimate of drug-likeness (QED) is 0.666. The van der Waals surface area contributed by atoms with E-state index in [1.54, 1.807) is 49.6 Å². The van der Waals surface area contributed by atoms with Gasteiger partial charge in [0.1, 0.15) is 11.5 Å². The fourth-order valence-electron chi connectivity index (χ4n) is 2.20. The molecular weight excluding hydrogens is 320 g/mol. The zero-order chi connectivity index (χ0) is 17.5. The number of amides is 1. The van der Waals surface area contributed by atoms with E-state index in [0.29, 0.717) is 41.7 Å². The summed E-state index contributed by atoms with van der Waals surface area (Å²) in [7, 11) is 0. The third-order valence-corrected chi connectivity index (χ3v) is 3.41. The van der Waals surface area contributed by atoms with Gasteiger partial charge in [-0.3, -0.25) is 9.78 Å². The number of benzene rings is 1. The van der Waals surface area contributed by atoms with Crippen LogP contribution >= 0.6 is 0 Å². The number of ether oxygens (including phenoxy) is 1. The lowest BCUT2D eigenvalue weighted by atomic mass is 10.2. The van der Waals surface area contributed by atoms with E-state index in [1.807, 2.05) is 6.07 Å². The minimum atomic E-state index is -0.130. The van der Waals surface area contributed by atoms with Crippen molar-refractivity contribution in [2.45, 2.75) is 19.8 Å². The average molecular weight is 338 g/mol. The van der Waals surface area contributed by atoms with Gasteiger partial charge in [-0.1, -0.05) is 5.16 Å². The summed E-state index contributed by atoms with van der Waals surface area (Å²) in [5, 5.41) is 6.59. The summed E-state index contributed by atoms with van der Waals surface area (Å²) in [6.07, 6.45) is 4.68. The summed E-state index contributed by atoms with van der Waals surface area (Å²) in [5.74, 6) is 2.37. The SMILES string of the molecule is Cc1noc(CCCNC(=O)c2ccc(Oc3cccnc3)cc2)n1. The summed E-state index contributed by atoms with van der Waals surface area (Å²) in [6, 6.07) is 10.6. The van der Waals surface area contributed by atoms with E-state index < -0.39 is 0 Å². The summed E-state index contributed by atoms with van der Waals surface area (Å²) >= 11 is 0. The maximum atomic E-state index is 12.1. The van der Waals surface area contributed by atoms with Gasteiger partial charge in [0.15, 0.2) is 5.82 Å². The van der Waals surface area contributed by atoms with Crippen LogP contribution < -0.4 is 10.1 Å². The summed E-state index contributed by atoms with van der Waals surface area (Å²) in [4.78, 5) is 20.2. The van der Waals surface area contributed by atoms with Crippen LogP contribution in [0.15, 0.2) is 53.3 Å². The Morgan fingerprint density at radius 2 is 2.04 bits per heavy atom. The lowest BCUT2D eigenvalue weighted by Crippen LogP contribution is -2.24. The predicted octanol–water partition coefficient (Wildman–Crippen LogP) is 2.93. The standard InChI is InChI=1S/C18H18N4O3/c1-13-21-17(25-22-13)5-3-11-20-18(23)14-6-8-15(9-7-14)24-16-4-2-10-19-12-16/h2,4,6-10,12H,3,5,11H2,1H3,(H,20,23). The average Bonchev–Trinajstić information content (AvgIpc) is 3.05. The van der Waals surface area contributed by atoms with Crippen molar-refractivity contribution < 1.29 is 14.1 Å². The van der Waals surface area contributed by atoms with Gasteiger partial charge < -0.3 is 14.6 Å². The van der Waals surface area contributed by atoms with Gasteiger partial charge in [0.25, 0.3) is 5.91 Å². The molecule has 0 radical (unpaired) electrons. The van der Waals surface area contributed by atoms with Gasteiger partial charge in [0.05, 0.1) is 6.20 Å². The first-order valence-corrected chi connectivity index (χ1v) is 7.96. The van der Waals surface area contributed by atoms with Gasteiger partial charge in [-0.15, -0.1) is 0 Å². The van der Waals surface area contributed by atoms with E-state index in [2.05, 4.69) is 20.4 Å². The highest BCUT2D eigenvalue weighted by Gasteiger charge is 2.07. The molecule has 128 valence electrons. The first-order valence-electron chi connectivity index (χ1n) is 7.96. The smallest absolute Gasteiger partial charge is 0.251 e. The first-order chi connectivity index (χ1) is 12.2. The van der Waals surface area contributed by atoms with Crippen molar-refractivity contribution in [3.05, 3.63) is 66.1 Å². The number of hydrogen-bond acceptors (Lipinski definition) is 6. The molecule has 7 heteroatoms. The van der Waals surface area contributed by atoms with Gasteiger partial charge in [0, 0.05) is 24.7 Å². The van der Waals surface area contributed by atoms with E-state index in [9.17, 15) is 4.79 Å². The Balaban J connectivity index is 1.45. The number of hydrogen-bond donors (Lipinski definition) is 1. The van der Waals surface area contributed by atoms with Gasteiger partial charge in [-0.25, -0.2) is 0 Å². The second kappa shape index (κ2) is 8.05. The molecule has 2 heterocycles. The second-order valence-corrected chi connectivity index (χ2v) is 5.41. The van der Waals surface area contributed by atoms with E-state index in [0.717, 1.165) is 6.42 Å². The highest BCUT2D eigenvalue weighted by Crippen LogP contribution is 2.20. The Kier molecular flexibility index (Phi) is 5.36. The third-order valence-electron chi connectivity index (χ3n) is 3.41. The Morgan fingerprint density at radius 1 is 1.20 bits per heavy atom. The molecule has 1 amide bonds. The second-order valence-electron chi connectivity index (χ2n) is 5.41. The molecule has 3 aromatic rings. The van der Waals surface area contributed by atoms with E-state index >= 15 is 0 Å². The van der Waals surface area contributed by atoms with Crippen LogP contribution in [-0.4, -0.2) is 27.6 Å². The van der Waals surface area contributed by atoms with Crippen LogP contribution in [0.4, 0.5) is 0 Å². The Morgan fingerprint density at radius 3 is 2.72 bits per heavy atom. The molecule has 0 saturated carbocycles. The molecule has 1 aromatic carbocycles. The normalized spacial score (nSPS) is 10.4. The molecule has 0 fully saturated rings. The van der Waals surface area contributed by atoms with Crippen LogP contribution in [0.1, 0.15) is 28.5 Å². The van der Waals surface area contributed by atoms with Crippen molar-refractivity contribution >= 4 is 5.91 Å². The van der Waals surface area contributed by atoms with Crippen LogP contribution in [0.5, 0.6) is 11.5 Å². The summed E-state index contributed by atoms with van der Waals surface area (Å²) in [5.41, 5.74) is 0.576. The van der Waals surface area contributed by atoms with Crippen molar-refractivity contribution in [1.82, 2.24) is 20.4 Å². The molecule has 3 rings (SSSR count). The van der Waals surface area contributed by atoms with Crippen molar-refractivity contribution in [2.75, 3.05) is 6.54 Å². The third kappa shape index (κ3) is 4.87. The molecular formula is C18H18N4O3. The van der Waals surface area contributed by atoms with Gasteiger partial charge in [0.2, 0.25) is 5.89 Å². The Bertz CT molecular complexity index is 816. The molecule has 0 atom stereocenters. The minimum absolute atomic E-state index is 0.130. The fourth-order valence-corrected chi connectivity index (χ4v) is 2.20. The molecule has 0 bridgehead atoms. The molecule has 0 aliphatic rings. The fraction of sp³-hybridized carbons (Fsp3) is 0.222.